The highest BCUT2D eigenvalue weighted by atomic mass is 35.5. The summed E-state index contributed by atoms with van der Waals surface area (Å²) in [6.07, 6.45) is 4.10. The summed E-state index contributed by atoms with van der Waals surface area (Å²) < 4.78 is 28.6. The fourth-order valence-corrected chi connectivity index (χ4v) is 6.62. The van der Waals surface area contributed by atoms with Crippen LogP contribution in [0, 0.1) is 10.1 Å². The fraction of sp³-hybridized carbons (Fsp3) is 0.333. The summed E-state index contributed by atoms with van der Waals surface area (Å²) in [6, 6.07) is 18.6. The van der Waals surface area contributed by atoms with E-state index in [-0.39, 0.29) is 34.8 Å². The number of halogens is 1. The van der Waals surface area contributed by atoms with E-state index in [1.807, 2.05) is 0 Å². The number of carbonyl (C=O) groups excluding carboxylic acids is 2. The summed E-state index contributed by atoms with van der Waals surface area (Å²) >= 11 is 6.06. The van der Waals surface area contributed by atoms with Crippen LogP contribution in [0.25, 0.3) is 0 Å². The summed E-state index contributed by atoms with van der Waals surface area (Å²) in [7, 11) is -4.27. The predicted octanol–water partition coefficient (Wildman–Crippen LogP) is 5.31. The zero-order valence-corrected chi connectivity index (χ0v) is 24.8. The summed E-state index contributed by atoms with van der Waals surface area (Å²) in [6.45, 7) is 1.22. The lowest BCUT2D eigenvalue weighted by molar-refractivity contribution is -0.384. The van der Waals surface area contributed by atoms with Gasteiger partial charge in [-0.1, -0.05) is 61.7 Å². The highest BCUT2D eigenvalue weighted by Crippen LogP contribution is 2.27. The molecule has 1 atom stereocenters. The Morgan fingerprint density at radius 1 is 1.00 bits per heavy atom. The van der Waals surface area contributed by atoms with E-state index in [0.717, 1.165) is 30.0 Å². The number of sulfonamides is 1. The Kier molecular flexibility index (Phi) is 10.2. The van der Waals surface area contributed by atoms with Crippen LogP contribution in [0.1, 0.15) is 44.6 Å². The lowest BCUT2D eigenvalue weighted by Gasteiger charge is -2.33. The van der Waals surface area contributed by atoms with Crippen molar-refractivity contribution >= 4 is 44.8 Å². The maximum absolute atomic E-state index is 14.1. The first-order chi connectivity index (χ1) is 20.1. The van der Waals surface area contributed by atoms with Crippen LogP contribution in [0.5, 0.6) is 0 Å². The quantitative estimate of drug-likeness (QED) is 0.218. The molecule has 0 saturated heterocycles. The van der Waals surface area contributed by atoms with Gasteiger partial charge >= 0.3 is 0 Å². The zero-order chi connectivity index (χ0) is 30.3. The molecular weight excluding hydrogens is 580 g/mol. The highest BCUT2D eigenvalue weighted by molar-refractivity contribution is 7.92. The first-order valence-corrected chi connectivity index (χ1v) is 15.6. The molecule has 0 bridgehead atoms. The third-order valence-electron chi connectivity index (χ3n) is 7.31. The Morgan fingerprint density at radius 2 is 1.62 bits per heavy atom. The van der Waals surface area contributed by atoms with Crippen molar-refractivity contribution in [2.75, 3.05) is 10.8 Å². The molecule has 0 spiro atoms. The van der Waals surface area contributed by atoms with E-state index in [0.29, 0.717) is 17.0 Å². The number of nitrogens with one attached hydrogen (secondary N) is 1. The molecule has 4 rings (SSSR count). The molecule has 12 heteroatoms. The Balaban J connectivity index is 1.71. The van der Waals surface area contributed by atoms with Crippen molar-refractivity contribution in [3.05, 3.63) is 99.6 Å². The minimum atomic E-state index is -4.27. The molecule has 1 fully saturated rings. The van der Waals surface area contributed by atoms with Crippen LogP contribution in [0.2, 0.25) is 5.02 Å². The SMILES string of the molecule is CCC(C(=O)NC1CCCC1)N(Cc1ccc(Cl)cc1)C(=O)CN(c1ccc([N+](=O)[O-])cc1)S(=O)(=O)c1ccccc1. The van der Waals surface area contributed by atoms with E-state index in [4.69, 9.17) is 11.6 Å². The van der Waals surface area contributed by atoms with Crippen molar-refractivity contribution in [1.29, 1.82) is 0 Å². The number of nitro groups is 1. The Morgan fingerprint density at radius 3 is 2.19 bits per heavy atom. The summed E-state index contributed by atoms with van der Waals surface area (Å²) in [4.78, 5) is 39.6. The molecule has 0 heterocycles. The first-order valence-electron chi connectivity index (χ1n) is 13.8. The highest BCUT2D eigenvalue weighted by Gasteiger charge is 2.34. The molecule has 0 aromatic heterocycles. The smallest absolute Gasteiger partial charge is 0.269 e. The first kappa shape index (κ1) is 31.0. The zero-order valence-electron chi connectivity index (χ0n) is 23.2. The molecule has 0 radical (unpaired) electrons. The maximum atomic E-state index is 14.1. The van der Waals surface area contributed by atoms with Crippen LogP contribution >= 0.6 is 11.6 Å². The molecule has 0 aliphatic heterocycles. The molecule has 1 unspecified atom stereocenters. The molecule has 222 valence electrons. The van der Waals surface area contributed by atoms with Crippen molar-refractivity contribution in [1.82, 2.24) is 10.2 Å². The van der Waals surface area contributed by atoms with Gasteiger partial charge in [0.25, 0.3) is 15.7 Å². The molecule has 1 N–H and O–H groups in total. The molecular formula is C30H33ClN4O6S. The van der Waals surface area contributed by atoms with Crippen LogP contribution in [0.4, 0.5) is 11.4 Å². The van der Waals surface area contributed by atoms with Gasteiger partial charge in [-0.15, -0.1) is 0 Å². The van der Waals surface area contributed by atoms with Crippen LogP contribution in [-0.4, -0.2) is 48.7 Å². The lowest BCUT2D eigenvalue weighted by Crippen LogP contribution is -2.53. The van der Waals surface area contributed by atoms with Gasteiger partial charge in [0.05, 0.1) is 15.5 Å². The predicted molar refractivity (Wildman–Crippen MR) is 161 cm³/mol. The number of anilines is 1. The van der Waals surface area contributed by atoms with Crippen LogP contribution in [-0.2, 0) is 26.2 Å². The van der Waals surface area contributed by atoms with Crippen molar-refractivity contribution in [2.24, 2.45) is 0 Å². The van der Waals surface area contributed by atoms with Gasteiger partial charge in [-0.2, -0.15) is 0 Å². The van der Waals surface area contributed by atoms with Gasteiger partial charge in [0, 0.05) is 29.7 Å². The minimum absolute atomic E-state index is 0.0362. The Bertz CT molecular complexity index is 1500. The fourth-order valence-electron chi connectivity index (χ4n) is 5.06. The summed E-state index contributed by atoms with van der Waals surface area (Å²) in [5.74, 6) is -0.893. The van der Waals surface area contributed by atoms with E-state index >= 15 is 0 Å². The van der Waals surface area contributed by atoms with E-state index in [9.17, 15) is 28.1 Å². The normalized spacial score (nSPS) is 14.2. The van der Waals surface area contributed by atoms with Crippen LogP contribution in [0.3, 0.4) is 0 Å². The topological polar surface area (TPSA) is 130 Å². The summed E-state index contributed by atoms with van der Waals surface area (Å²) in [5.41, 5.74) is 0.571. The third kappa shape index (κ3) is 7.46. The van der Waals surface area contributed by atoms with E-state index in [1.54, 1.807) is 49.4 Å². The average molecular weight is 613 g/mol. The number of nitro benzene ring substituents is 1. The molecule has 42 heavy (non-hydrogen) atoms. The van der Waals surface area contributed by atoms with E-state index < -0.39 is 33.4 Å². The second kappa shape index (κ2) is 13.8. The molecule has 3 aromatic carbocycles. The molecule has 1 aliphatic rings. The van der Waals surface area contributed by atoms with E-state index in [1.165, 1.54) is 41.3 Å². The largest absolute Gasteiger partial charge is 0.352 e. The monoisotopic (exact) mass is 612 g/mol. The van der Waals surface area contributed by atoms with Gasteiger partial charge in [-0.05, 0) is 61.2 Å². The number of carbonyl (C=O) groups is 2. The number of amides is 2. The Labute approximate surface area is 250 Å². The number of rotatable bonds is 12. The van der Waals surface area contributed by atoms with Crippen molar-refractivity contribution < 1.29 is 22.9 Å². The average Bonchev–Trinajstić information content (AvgIpc) is 3.50. The van der Waals surface area contributed by atoms with Gasteiger partial charge in [0.1, 0.15) is 12.6 Å². The lowest BCUT2D eigenvalue weighted by atomic mass is 10.1. The Hall–Kier alpha value is -3.96. The molecule has 3 aromatic rings. The molecule has 2 amide bonds. The van der Waals surface area contributed by atoms with E-state index in [2.05, 4.69) is 5.32 Å². The maximum Gasteiger partial charge on any atom is 0.269 e. The van der Waals surface area contributed by atoms with Crippen molar-refractivity contribution in [3.63, 3.8) is 0 Å². The molecule has 1 aliphatic carbocycles. The third-order valence-corrected chi connectivity index (χ3v) is 9.35. The van der Waals surface area contributed by atoms with Gasteiger partial charge in [-0.3, -0.25) is 24.0 Å². The standard InChI is InChI=1S/C30H33ClN4O6S/c1-2-28(30(37)32-24-8-6-7-9-24)33(20-22-12-14-23(31)15-13-22)29(36)21-34(25-16-18-26(19-17-25)35(38)39)42(40,41)27-10-4-3-5-11-27/h3-5,10-19,24,28H,2,6-9,20-21H2,1H3,(H,32,37). The number of non-ortho nitro benzene ring substituents is 1. The van der Waals surface area contributed by atoms with Gasteiger partial charge < -0.3 is 10.2 Å². The van der Waals surface area contributed by atoms with Crippen molar-refractivity contribution in [3.8, 4) is 0 Å². The number of hydrogen-bond donors (Lipinski definition) is 1. The molecule has 10 nitrogen and oxygen atoms in total. The number of nitrogens with zero attached hydrogens (tertiary/aromatic N) is 3. The second-order valence-electron chi connectivity index (χ2n) is 10.2. The van der Waals surface area contributed by atoms with Crippen molar-refractivity contribution in [2.45, 2.75) is 62.6 Å². The van der Waals surface area contributed by atoms with Crippen LogP contribution < -0.4 is 9.62 Å². The van der Waals surface area contributed by atoms with Gasteiger partial charge in [0.2, 0.25) is 11.8 Å². The second-order valence-corrected chi connectivity index (χ2v) is 12.5. The number of hydrogen-bond acceptors (Lipinski definition) is 6. The van der Waals surface area contributed by atoms with Gasteiger partial charge in [0.15, 0.2) is 0 Å². The van der Waals surface area contributed by atoms with Crippen LogP contribution in [0.15, 0.2) is 83.8 Å². The number of benzene rings is 3. The minimum Gasteiger partial charge on any atom is -0.352 e. The van der Waals surface area contributed by atoms with Gasteiger partial charge in [-0.25, -0.2) is 8.42 Å². The molecule has 1 saturated carbocycles. The summed E-state index contributed by atoms with van der Waals surface area (Å²) in [5, 5.41) is 14.8.